The molecule has 7 heteroatoms. The van der Waals surface area contributed by atoms with Gasteiger partial charge in [-0.05, 0) is 66.3 Å². The Morgan fingerprint density at radius 1 is 1.15 bits per heavy atom. The van der Waals surface area contributed by atoms with Crippen molar-refractivity contribution in [3.63, 3.8) is 0 Å². The van der Waals surface area contributed by atoms with Crippen molar-refractivity contribution >= 4 is 5.97 Å². The molecule has 0 bridgehead atoms. The Bertz CT molecular complexity index is 1160. The van der Waals surface area contributed by atoms with E-state index >= 15 is 0 Å². The lowest BCUT2D eigenvalue weighted by atomic mass is 9.94. The first-order chi connectivity index (χ1) is 16.5. The van der Waals surface area contributed by atoms with Crippen molar-refractivity contribution in [1.29, 1.82) is 0 Å². The molecule has 1 saturated carbocycles. The number of aromatic nitrogens is 2. The van der Waals surface area contributed by atoms with E-state index in [-0.39, 0.29) is 17.9 Å². The molecule has 1 aliphatic heterocycles. The number of hydrogen-bond donors (Lipinski definition) is 1. The highest BCUT2D eigenvalue weighted by Crippen LogP contribution is 2.46. The van der Waals surface area contributed by atoms with Crippen LogP contribution in [-0.4, -0.2) is 40.4 Å². The van der Waals surface area contributed by atoms with Gasteiger partial charge in [-0.3, -0.25) is 9.78 Å². The van der Waals surface area contributed by atoms with Crippen molar-refractivity contribution in [3.05, 3.63) is 71.2 Å². The zero-order valence-corrected chi connectivity index (χ0v) is 19.4. The van der Waals surface area contributed by atoms with E-state index in [9.17, 15) is 4.79 Å². The summed E-state index contributed by atoms with van der Waals surface area (Å²) in [6.45, 7) is 5.99. The van der Waals surface area contributed by atoms with Crippen LogP contribution in [0.2, 0.25) is 0 Å². The van der Waals surface area contributed by atoms with E-state index < -0.39 is 5.97 Å². The summed E-state index contributed by atoms with van der Waals surface area (Å²) in [6, 6.07) is 12.5. The van der Waals surface area contributed by atoms with Gasteiger partial charge in [-0.2, -0.15) is 0 Å². The topological polar surface area (TPSA) is 90.8 Å². The SMILES string of the molecule is Cc1cc(O[C@H]2CCOC2)cc(C)c1-c1cccc(COc2cnc([C@H]3C[C@@H]3C(=O)O)cn2)c1. The average molecular weight is 461 g/mol. The summed E-state index contributed by atoms with van der Waals surface area (Å²) in [5.41, 5.74) is 6.38. The van der Waals surface area contributed by atoms with E-state index in [1.165, 1.54) is 5.56 Å². The lowest BCUT2D eigenvalue weighted by Gasteiger charge is -2.17. The van der Waals surface area contributed by atoms with Crippen LogP contribution in [0.25, 0.3) is 11.1 Å². The van der Waals surface area contributed by atoms with Crippen LogP contribution in [0.4, 0.5) is 0 Å². The van der Waals surface area contributed by atoms with E-state index in [1.54, 1.807) is 12.4 Å². The highest BCUT2D eigenvalue weighted by Gasteiger charge is 2.45. The fourth-order valence-electron chi connectivity index (χ4n) is 4.61. The number of carboxylic acids is 1. The zero-order valence-electron chi connectivity index (χ0n) is 19.4. The highest BCUT2D eigenvalue weighted by atomic mass is 16.5. The monoisotopic (exact) mass is 460 g/mol. The first kappa shape index (κ1) is 22.3. The summed E-state index contributed by atoms with van der Waals surface area (Å²) >= 11 is 0. The van der Waals surface area contributed by atoms with Crippen LogP contribution in [0.1, 0.15) is 41.1 Å². The minimum absolute atomic E-state index is 0.0366. The molecule has 176 valence electrons. The summed E-state index contributed by atoms with van der Waals surface area (Å²) < 4.78 is 17.4. The second-order valence-electron chi connectivity index (χ2n) is 9.09. The molecular weight excluding hydrogens is 432 g/mol. The van der Waals surface area contributed by atoms with Crippen LogP contribution in [0, 0.1) is 19.8 Å². The summed E-state index contributed by atoms with van der Waals surface area (Å²) in [5.74, 6) is 0.157. The van der Waals surface area contributed by atoms with Crippen LogP contribution < -0.4 is 9.47 Å². The summed E-state index contributed by atoms with van der Waals surface area (Å²) in [6.07, 6.45) is 4.87. The molecule has 1 aliphatic carbocycles. The zero-order chi connectivity index (χ0) is 23.7. The third kappa shape index (κ3) is 4.89. The summed E-state index contributed by atoms with van der Waals surface area (Å²) in [4.78, 5) is 19.7. The van der Waals surface area contributed by atoms with Crippen LogP contribution in [0.15, 0.2) is 48.8 Å². The smallest absolute Gasteiger partial charge is 0.307 e. The van der Waals surface area contributed by atoms with Gasteiger partial charge in [0.15, 0.2) is 0 Å². The molecule has 5 rings (SSSR count). The first-order valence-corrected chi connectivity index (χ1v) is 11.6. The van der Waals surface area contributed by atoms with Gasteiger partial charge in [0.1, 0.15) is 18.5 Å². The minimum atomic E-state index is -0.775. The Labute approximate surface area is 198 Å². The molecule has 1 saturated heterocycles. The number of aryl methyl sites for hydroxylation is 2. The lowest BCUT2D eigenvalue weighted by molar-refractivity contribution is -0.138. The van der Waals surface area contributed by atoms with E-state index in [0.717, 1.165) is 41.0 Å². The quantitative estimate of drug-likeness (QED) is 0.521. The fraction of sp³-hybridized carbons (Fsp3) is 0.370. The van der Waals surface area contributed by atoms with E-state index in [0.29, 0.717) is 31.2 Å². The predicted octanol–water partition coefficient (Wildman–Crippen LogP) is 4.70. The Hall–Kier alpha value is -3.45. The summed E-state index contributed by atoms with van der Waals surface area (Å²) in [5, 5.41) is 9.08. The predicted molar refractivity (Wildman–Crippen MR) is 126 cm³/mol. The second-order valence-corrected chi connectivity index (χ2v) is 9.09. The van der Waals surface area contributed by atoms with Crippen molar-refractivity contribution in [2.45, 2.75) is 45.3 Å². The van der Waals surface area contributed by atoms with Crippen molar-refractivity contribution in [3.8, 4) is 22.8 Å². The van der Waals surface area contributed by atoms with Gasteiger partial charge < -0.3 is 19.3 Å². The molecule has 2 aliphatic rings. The molecule has 0 spiro atoms. The molecule has 0 amide bonds. The Morgan fingerprint density at radius 2 is 1.97 bits per heavy atom. The molecule has 1 N–H and O–H groups in total. The number of ether oxygens (including phenoxy) is 3. The molecule has 2 heterocycles. The van der Waals surface area contributed by atoms with E-state index in [2.05, 4.69) is 48.1 Å². The number of rotatable bonds is 8. The van der Waals surface area contributed by atoms with E-state index in [1.807, 2.05) is 12.1 Å². The Kier molecular flexibility index (Phi) is 6.20. The molecule has 3 aromatic rings. The maximum absolute atomic E-state index is 11.0. The van der Waals surface area contributed by atoms with Crippen molar-refractivity contribution < 1.29 is 24.1 Å². The molecule has 34 heavy (non-hydrogen) atoms. The fourth-order valence-corrected chi connectivity index (χ4v) is 4.61. The molecule has 0 radical (unpaired) electrons. The second kappa shape index (κ2) is 9.43. The third-order valence-electron chi connectivity index (χ3n) is 6.43. The molecular formula is C27H28N2O5. The number of nitrogens with zero attached hydrogens (tertiary/aromatic N) is 2. The van der Waals surface area contributed by atoms with Gasteiger partial charge in [-0.15, -0.1) is 0 Å². The van der Waals surface area contributed by atoms with E-state index in [4.69, 9.17) is 19.3 Å². The number of carbonyl (C=O) groups is 1. The molecule has 3 atom stereocenters. The Morgan fingerprint density at radius 3 is 2.62 bits per heavy atom. The summed E-state index contributed by atoms with van der Waals surface area (Å²) in [7, 11) is 0. The number of carboxylic acid groups (broad SMARTS) is 1. The first-order valence-electron chi connectivity index (χ1n) is 11.6. The molecule has 7 nitrogen and oxygen atoms in total. The molecule has 2 fully saturated rings. The molecule has 0 unspecified atom stereocenters. The van der Waals surface area contributed by atoms with Crippen LogP contribution in [0.3, 0.4) is 0 Å². The number of aliphatic carboxylic acids is 1. The average Bonchev–Trinajstić information content (AvgIpc) is 3.47. The third-order valence-corrected chi connectivity index (χ3v) is 6.43. The van der Waals surface area contributed by atoms with Crippen LogP contribution in [-0.2, 0) is 16.1 Å². The number of hydrogen-bond acceptors (Lipinski definition) is 6. The van der Waals surface area contributed by atoms with Crippen molar-refractivity contribution in [1.82, 2.24) is 9.97 Å². The van der Waals surface area contributed by atoms with Gasteiger partial charge >= 0.3 is 5.97 Å². The molecule has 1 aromatic heterocycles. The highest BCUT2D eigenvalue weighted by molar-refractivity contribution is 5.75. The number of benzene rings is 2. The van der Waals surface area contributed by atoms with Gasteiger partial charge in [0.05, 0.1) is 37.2 Å². The van der Waals surface area contributed by atoms with Gasteiger partial charge in [-0.1, -0.05) is 18.2 Å². The van der Waals surface area contributed by atoms with Crippen molar-refractivity contribution in [2.75, 3.05) is 13.2 Å². The van der Waals surface area contributed by atoms with Gasteiger partial charge in [0.2, 0.25) is 5.88 Å². The van der Waals surface area contributed by atoms with Gasteiger partial charge in [0.25, 0.3) is 0 Å². The van der Waals surface area contributed by atoms with Crippen LogP contribution >= 0.6 is 0 Å². The van der Waals surface area contributed by atoms with Gasteiger partial charge in [0, 0.05) is 12.3 Å². The maximum atomic E-state index is 11.0. The normalized spacial score (nSPS) is 21.3. The standard InChI is InChI=1S/C27H28N2O5/c1-16-8-21(34-20-6-7-32-15-20)9-17(2)26(16)19-5-3-4-18(10-19)14-33-25-13-28-24(12-29-25)22-11-23(22)27(30)31/h3-5,8-10,12-13,20,22-23H,6-7,11,14-15H2,1-2H3,(H,30,31)/t20-,22-,23-/m0/s1. The lowest BCUT2D eigenvalue weighted by Crippen LogP contribution is -2.15. The Balaban J connectivity index is 1.25. The molecule has 2 aromatic carbocycles. The van der Waals surface area contributed by atoms with Crippen LogP contribution in [0.5, 0.6) is 11.6 Å². The van der Waals surface area contributed by atoms with Gasteiger partial charge in [-0.25, -0.2) is 4.98 Å². The van der Waals surface area contributed by atoms with Crippen molar-refractivity contribution in [2.24, 2.45) is 5.92 Å². The largest absolute Gasteiger partial charge is 0.488 e. The minimum Gasteiger partial charge on any atom is -0.488 e. The maximum Gasteiger partial charge on any atom is 0.307 e.